The first-order valence-electron chi connectivity index (χ1n) is 3.65. The SMILES string of the molecule is C.CC(C)OP(=O)(O)OP(=O)(O)OP(=O)(O)O. The zero-order valence-electron chi connectivity index (χ0n) is 8.16. The van der Waals surface area contributed by atoms with E-state index in [1.165, 1.54) is 13.8 Å². The van der Waals surface area contributed by atoms with Crippen molar-refractivity contribution in [2.75, 3.05) is 0 Å². The molecule has 0 aliphatic heterocycles. The molecule has 0 saturated carbocycles. The van der Waals surface area contributed by atoms with Crippen LogP contribution in [0, 0.1) is 0 Å². The van der Waals surface area contributed by atoms with E-state index in [-0.39, 0.29) is 7.43 Å². The van der Waals surface area contributed by atoms with Crippen molar-refractivity contribution in [3.63, 3.8) is 0 Å². The van der Waals surface area contributed by atoms with Crippen molar-refractivity contribution in [3.8, 4) is 0 Å². The summed E-state index contributed by atoms with van der Waals surface area (Å²) in [7, 11) is -15.7. The summed E-state index contributed by atoms with van der Waals surface area (Å²) in [5.74, 6) is 0. The minimum absolute atomic E-state index is 0. The Hall–Kier alpha value is 0.410. The minimum Gasteiger partial charge on any atom is -0.302 e. The number of phosphoric acid groups is 3. The van der Waals surface area contributed by atoms with E-state index < -0.39 is 29.6 Å². The van der Waals surface area contributed by atoms with E-state index in [0.29, 0.717) is 0 Å². The summed E-state index contributed by atoms with van der Waals surface area (Å²) in [6.07, 6.45) is -0.814. The van der Waals surface area contributed by atoms with Gasteiger partial charge in [-0.15, -0.1) is 0 Å². The lowest BCUT2D eigenvalue weighted by molar-refractivity contribution is 0.144. The highest BCUT2D eigenvalue weighted by Gasteiger charge is 2.40. The van der Waals surface area contributed by atoms with Crippen molar-refractivity contribution >= 4 is 23.5 Å². The number of phosphoric ester groups is 1. The van der Waals surface area contributed by atoms with E-state index in [2.05, 4.69) is 13.1 Å². The molecule has 0 spiro atoms. The Morgan fingerprint density at radius 3 is 1.59 bits per heavy atom. The standard InChI is InChI=1S/C3H11O10P3.CH4/c1-3(2)11-15(7,8)13-16(9,10)12-14(4,5)6;/h3H,1-2H3,(H,7,8)(H,9,10)(H2,4,5,6);1H4. The van der Waals surface area contributed by atoms with Gasteiger partial charge in [0.05, 0.1) is 6.10 Å². The Balaban J connectivity index is 0. The molecule has 0 aromatic carbocycles. The van der Waals surface area contributed by atoms with Crippen LogP contribution in [0.2, 0.25) is 0 Å². The van der Waals surface area contributed by atoms with E-state index in [9.17, 15) is 13.7 Å². The highest BCUT2D eigenvalue weighted by Crippen LogP contribution is 2.66. The van der Waals surface area contributed by atoms with Gasteiger partial charge in [-0.1, -0.05) is 7.43 Å². The Labute approximate surface area is 98.0 Å². The molecule has 0 aromatic rings. The fourth-order valence-electron chi connectivity index (χ4n) is 0.565. The quantitative estimate of drug-likeness (QED) is 0.527. The van der Waals surface area contributed by atoms with Gasteiger partial charge in [0, 0.05) is 0 Å². The van der Waals surface area contributed by atoms with Crippen molar-refractivity contribution in [1.82, 2.24) is 0 Å². The second-order valence-electron chi connectivity index (χ2n) is 2.75. The number of hydrogen-bond acceptors (Lipinski definition) is 6. The first-order chi connectivity index (χ1) is 6.83. The molecule has 0 rings (SSSR count). The molecule has 0 aromatic heterocycles. The summed E-state index contributed by atoms with van der Waals surface area (Å²) in [5, 5.41) is 0. The summed E-state index contributed by atoms with van der Waals surface area (Å²) < 4.78 is 43.1. The Morgan fingerprint density at radius 2 is 1.29 bits per heavy atom. The first kappa shape index (κ1) is 19.7. The molecular weight excluding hydrogens is 301 g/mol. The molecule has 10 nitrogen and oxygen atoms in total. The van der Waals surface area contributed by atoms with Crippen molar-refractivity contribution in [2.24, 2.45) is 0 Å². The van der Waals surface area contributed by atoms with Crippen molar-refractivity contribution in [1.29, 1.82) is 0 Å². The van der Waals surface area contributed by atoms with Gasteiger partial charge in [-0.05, 0) is 13.8 Å². The van der Waals surface area contributed by atoms with Gasteiger partial charge in [0.15, 0.2) is 0 Å². The molecule has 106 valence electrons. The molecule has 4 N–H and O–H groups in total. The maximum atomic E-state index is 11.0. The van der Waals surface area contributed by atoms with Gasteiger partial charge in [-0.25, -0.2) is 13.7 Å². The fourth-order valence-corrected chi connectivity index (χ4v) is 3.76. The molecule has 0 aliphatic carbocycles. The van der Waals surface area contributed by atoms with Gasteiger partial charge in [-0.3, -0.25) is 4.52 Å². The second-order valence-corrected chi connectivity index (χ2v) is 7.12. The molecule has 0 fully saturated rings. The molecule has 2 atom stereocenters. The van der Waals surface area contributed by atoms with Crippen molar-refractivity contribution < 1.29 is 46.4 Å². The Kier molecular flexibility index (Phi) is 7.60. The topological polar surface area (TPSA) is 160 Å². The van der Waals surface area contributed by atoms with Gasteiger partial charge in [0.1, 0.15) is 0 Å². The lowest BCUT2D eigenvalue weighted by atomic mass is 10.5. The predicted molar refractivity (Wildman–Crippen MR) is 56.8 cm³/mol. The maximum absolute atomic E-state index is 11.0. The van der Waals surface area contributed by atoms with Gasteiger partial charge in [0.25, 0.3) is 0 Å². The van der Waals surface area contributed by atoms with Gasteiger partial charge >= 0.3 is 23.5 Å². The van der Waals surface area contributed by atoms with Crippen LogP contribution < -0.4 is 0 Å². The summed E-state index contributed by atoms with van der Waals surface area (Å²) in [5.41, 5.74) is 0. The normalized spacial score (nSPS) is 19.2. The third-order valence-electron chi connectivity index (χ3n) is 0.760. The van der Waals surface area contributed by atoms with Gasteiger partial charge in [-0.2, -0.15) is 8.62 Å². The molecule has 13 heteroatoms. The summed E-state index contributed by atoms with van der Waals surface area (Å²) >= 11 is 0. The number of hydrogen-bond donors (Lipinski definition) is 4. The largest absolute Gasteiger partial charge is 0.490 e. The van der Waals surface area contributed by atoms with E-state index >= 15 is 0 Å². The van der Waals surface area contributed by atoms with Gasteiger partial charge in [0.2, 0.25) is 0 Å². The molecule has 17 heavy (non-hydrogen) atoms. The van der Waals surface area contributed by atoms with Crippen LogP contribution >= 0.6 is 23.5 Å². The van der Waals surface area contributed by atoms with E-state index in [0.717, 1.165) is 0 Å². The zero-order chi connectivity index (χ0) is 13.2. The molecule has 0 saturated heterocycles. The number of rotatable bonds is 6. The average Bonchev–Trinajstić information content (AvgIpc) is 1.69. The Morgan fingerprint density at radius 1 is 0.882 bits per heavy atom. The lowest BCUT2D eigenvalue weighted by Gasteiger charge is -2.17. The molecule has 0 radical (unpaired) electrons. The van der Waals surface area contributed by atoms with Crippen molar-refractivity contribution in [2.45, 2.75) is 27.4 Å². The average molecular weight is 316 g/mol. The maximum Gasteiger partial charge on any atom is 0.490 e. The fraction of sp³-hybridized carbons (Fsp3) is 1.00. The van der Waals surface area contributed by atoms with Crippen LogP contribution in [-0.4, -0.2) is 25.7 Å². The van der Waals surface area contributed by atoms with Crippen LogP contribution in [0.25, 0.3) is 0 Å². The van der Waals surface area contributed by atoms with E-state index in [1.807, 2.05) is 0 Å². The highest BCUT2D eigenvalue weighted by atomic mass is 31.3. The van der Waals surface area contributed by atoms with Crippen molar-refractivity contribution in [3.05, 3.63) is 0 Å². The first-order valence-corrected chi connectivity index (χ1v) is 8.17. The molecule has 0 heterocycles. The van der Waals surface area contributed by atoms with Crippen LogP contribution in [0.1, 0.15) is 21.3 Å². The molecule has 0 aliphatic rings. The Bertz CT molecular complexity index is 370. The lowest BCUT2D eigenvalue weighted by Crippen LogP contribution is -2.02. The predicted octanol–water partition coefficient (Wildman–Crippen LogP) is 1.37. The van der Waals surface area contributed by atoms with E-state index in [1.54, 1.807) is 0 Å². The van der Waals surface area contributed by atoms with Crippen LogP contribution in [0.4, 0.5) is 0 Å². The van der Waals surface area contributed by atoms with Crippen LogP contribution in [0.3, 0.4) is 0 Å². The molecule has 0 amide bonds. The third-order valence-corrected chi connectivity index (χ3v) is 4.78. The molecule has 0 bridgehead atoms. The zero-order valence-corrected chi connectivity index (χ0v) is 10.8. The molecular formula is C4H15O10P3. The van der Waals surface area contributed by atoms with Crippen LogP contribution in [-0.2, 0) is 26.8 Å². The van der Waals surface area contributed by atoms with Crippen LogP contribution in [0.5, 0.6) is 0 Å². The summed E-state index contributed by atoms with van der Waals surface area (Å²) in [6, 6.07) is 0. The summed E-state index contributed by atoms with van der Waals surface area (Å²) in [6.45, 7) is 2.66. The van der Waals surface area contributed by atoms with E-state index in [4.69, 9.17) is 19.6 Å². The smallest absolute Gasteiger partial charge is 0.302 e. The second kappa shape index (κ2) is 6.54. The van der Waals surface area contributed by atoms with Gasteiger partial charge < -0.3 is 19.6 Å². The minimum atomic E-state index is -5.39. The van der Waals surface area contributed by atoms with Crippen LogP contribution in [0.15, 0.2) is 0 Å². The third kappa shape index (κ3) is 11.2. The molecule has 2 unspecified atom stereocenters. The summed E-state index contributed by atoms with van der Waals surface area (Å²) in [4.78, 5) is 34.0. The highest BCUT2D eigenvalue weighted by molar-refractivity contribution is 7.66. The monoisotopic (exact) mass is 316 g/mol.